The Kier molecular flexibility index (Phi) is 2.41. The first-order valence-electron chi connectivity index (χ1n) is 5.05. The lowest BCUT2D eigenvalue weighted by molar-refractivity contribution is -0.149. The van der Waals surface area contributed by atoms with Crippen molar-refractivity contribution in [1.82, 2.24) is 15.1 Å². The Morgan fingerprint density at radius 3 is 2.75 bits per heavy atom. The van der Waals surface area contributed by atoms with Crippen molar-refractivity contribution < 1.29 is 14.7 Å². The van der Waals surface area contributed by atoms with Crippen molar-refractivity contribution in [3.63, 3.8) is 0 Å². The number of nitrogens with one attached hydrogen (secondary N) is 1. The molecule has 0 saturated heterocycles. The smallest absolute Gasteiger partial charge is 0.319 e. The van der Waals surface area contributed by atoms with Crippen LogP contribution >= 0.6 is 0 Å². The number of carbonyl (C=O) groups is 2. The minimum Gasteiger partial charge on any atom is -0.480 e. The molecule has 0 unspecified atom stereocenters. The summed E-state index contributed by atoms with van der Waals surface area (Å²) in [5.74, 6) is -1.43. The van der Waals surface area contributed by atoms with E-state index in [9.17, 15) is 9.59 Å². The number of nitrogens with zero attached hydrogens (tertiary/aromatic N) is 2. The first-order valence-corrected chi connectivity index (χ1v) is 5.05. The van der Waals surface area contributed by atoms with Crippen LogP contribution in [0.2, 0.25) is 0 Å². The van der Waals surface area contributed by atoms with Crippen LogP contribution < -0.4 is 5.32 Å². The molecule has 1 aliphatic carbocycles. The highest BCUT2D eigenvalue weighted by Crippen LogP contribution is 2.46. The average molecular weight is 223 g/mol. The molecule has 1 fully saturated rings. The molecular formula is C10H13N3O3. The number of carboxylic acid groups (broad SMARTS) is 1. The zero-order chi connectivity index (χ0) is 11.8. The number of aryl methyl sites for hydroxylation is 1. The van der Waals surface area contributed by atoms with E-state index in [1.807, 2.05) is 0 Å². The Morgan fingerprint density at radius 2 is 2.31 bits per heavy atom. The van der Waals surface area contributed by atoms with E-state index in [1.54, 1.807) is 24.0 Å². The molecule has 1 aromatic heterocycles. The van der Waals surface area contributed by atoms with Gasteiger partial charge in [0, 0.05) is 13.2 Å². The summed E-state index contributed by atoms with van der Waals surface area (Å²) >= 11 is 0. The second-order valence-corrected chi connectivity index (χ2v) is 4.02. The highest BCUT2D eigenvalue weighted by molar-refractivity contribution is 6.04. The Bertz CT molecular complexity index is 434. The van der Waals surface area contributed by atoms with Crippen LogP contribution in [-0.2, 0) is 23.2 Å². The van der Waals surface area contributed by atoms with Gasteiger partial charge in [-0.2, -0.15) is 5.10 Å². The second kappa shape index (κ2) is 3.62. The van der Waals surface area contributed by atoms with E-state index in [4.69, 9.17) is 5.11 Å². The lowest BCUT2D eigenvalue weighted by Crippen LogP contribution is -2.36. The number of aromatic nitrogens is 2. The van der Waals surface area contributed by atoms with Gasteiger partial charge in [-0.15, -0.1) is 0 Å². The van der Waals surface area contributed by atoms with E-state index in [0.29, 0.717) is 19.4 Å². The van der Waals surface area contributed by atoms with Gasteiger partial charge in [0.15, 0.2) is 0 Å². The fourth-order valence-corrected chi connectivity index (χ4v) is 1.58. The van der Waals surface area contributed by atoms with Crippen molar-refractivity contribution in [2.75, 3.05) is 0 Å². The van der Waals surface area contributed by atoms with Crippen molar-refractivity contribution in [3.05, 3.63) is 18.0 Å². The van der Waals surface area contributed by atoms with Crippen molar-refractivity contribution in [2.24, 2.45) is 12.5 Å². The van der Waals surface area contributed by atoms with Crippen LogP contribution in [0.15, 0.2) is 12.3 Å². The summed E-state index contributed by atoms with van der Waals surface area (Å²) in [4.78, 5) is 22.5. The van der Waals surface area contributed by atoms with Crippen molar-refractivity contribution in [3.8, 4) is 0 Å². The number of carbonyl (C=O) groups excluding carboxylic acids is 1. The zero-order valence-corrected chi connectivity index (χ0v) is 8.93. The number of carboxylic acids is 1. The topological polar surface area (TPSA) is 84.2 Å². The summed E-state index contributed by atoms with van der Waals surface area (Å²) in [5.41, 5.74) is -0.326. The molecule has 1 saturated carbocycles. The van der Waals surface area contributed by atoms with Gasteiger partial charge in [0.2, 0.25) is 5.91 Å². The predicted molar refractivity (Wildman–Crippen MR) is 54.4 cm³/mol. The highest BCUT2D eigenvalue weighted by atomic mass is 16.4. The van der Waals surface area contributed by atoms with Crippen LogP contribution in [0.3, 0.4) is 0 Å². The Hall–Kier alpha value is -1.85. The fourth-order valence-electron chi connectivity index (χ4n) is 1.58. The third kappa shape index (κ3) is 1.66. The van der Waals surface area contributed by atoms with Gasteiger partial charge in [-0.05, 0) is 18.9 Å². The molecule has 0 spiro atoms. The number of hydrogen-bond acceptors (Lipinski definition) is 3. The molecule has 6 nitrogen and oxygen atoms in total. The molecule has 86 valence electrons. The molecule has 1 heterocycles. The first-order chi connectivity index (χ1) is 7.56. The molecule has 2 rings (SSSR count). The summed E-state index contributed by atoms with van der Waals surface area (Å²) in [6.07, 6.45) is 2.49. The van der Waals surface area contributed by atoms with Gasteiger partial charge >= 0.3 is 5.97 Å². The van der Waals surface area contributed by atoms with E-state index in [-0.39, 0.29) is 0 Å². The van der Waals surface area contributed by atoms with Crippen LogP contribution in [0.4, 0.5) is 0 Å². The zero-order valence-electron chi connectivity index (χ0n) is 8.93. The van der Waals surface area contributed by atoms with Gasteiger partial charge in [-0.25, -0.2) is 0 Å². The van der Waals surface area contributed by atoms with Gasteiger partial charge in [0.25, 0.3) is 0 Å². The molecule has 16 heavy (non-hydrogen) atoms. The molecule has 6 heteroatoms. The summed E-state index contributed by atoms with van der Waals surface area (Å²) in [6.45, 7) is 0.310. The number of rotatable bonds is 4. The Balaban J connectivity index is 1.95. The minimum absolute atomic E-state index is 0.310. The maximum atomic E-state index is 11.7. The fraction of sp³-hybridized carbons (Fsp3) is 0.500. The second-order valence-electron chi connectivity index (χ2n) is 4.02. The van der Waals surface area contributed by atoms with Gasteiger partial charge in [0.05, 0.1) is 12.2 Å². The number of amides is 1. The van der Waals surface area contributed by atoms with E-state index >= 15 is 0 Å². The van der Waals surface area contributed by atoms with Gasteiger partial charge in [-0.1, -0.05) is 0 Å². The molecule has 1 aromatic rings. The van der Waals surface area contributed by atoms with E-state index in [1.165, 1.54) is 0 Å². The third-order valence-corrected chi connectivity index (χ3v) is 2.95. The summed E-state index contributed by atoms with van der Waals surface area (Å²) in [6, 6.07) is 1.78. The monoisotopic (exact) mass is 223 g/mol. The maximum absolute atomic E-state index is 11.7. The minimum atomic E-state index is -1.17. The van der Waals surface area contributed by atoms with Gasteiger partial charge in [0.1, 0.15) is 5.41 Å². The van der Waals surface area contributed by atoms with Crippen LogP contribution in [0.5, 0.6) is 0 Å². The Morgan fingerprint density at radius 1 is 1.62 bits per heavy atom. The van der Waals surface area contributed by atoms with Crippen LogP contribution in [0, 0.1) is 5.41 Å². The number of aliphatic carboxylic acids is 1. The molecule has 0 radical (unpaired) electrons. The molecule has 0 bridgehead atoms. The summed E-state index contributed by atoms with van der Waals surface area (Å²) in [5, 5.41) is 15.5. The predicted octanol–water partition coefficient (Wildman–Crippen LogP) is -0.0989. The van der Waals surface area contributed by atoms with Crippen LogP contribution in [-0.4, -0.2) is 26.8 Å². The average Bonchev–Trinajstić information content (AvgIpc) is 2.95. The highest BCUT2D eigenvalue weighted by Gasteiger charge is 2.56. The molecular weight excluding hydrogens is 210 g/mol. The molecule has 0 aromatic carbocycles. The molecule has 1 aliphatic rings. The normalized spacial score (nSPS) is 16.8. The summed E-state index contributed by atoms with van der Waals surface area (Å²) < 4.78 is 1.64. The summed E-state index contributed by atoms with van der Waals surface area (Å²) in [7, 11) is 1.77. The number of hydrogen-bond donors (Lipinski definition) is 2. The van der Waals surface area contributed by atoms with Crippen molar-refractivity contribution in [2.45, 2.75) is 19.4 Å². The SMILES string of the molecule is Cn1nccc1CNC(=O)C1(C(=O)O)CC1. The maximum Gasteiger partial charge on any atom is 0.319 e. The molecule has 2 N–H and O–H groups in total. The van der Waals surface area contributed by atoms with Crippen LogP contribution in [0.1, 0.15) is 18.5 Å². The van der Waals surface area contributed by atoms with Crippen LogP contribution in [0.25, 0.3) is 0 Å². The standard InChI is InChI=1S/C10H13N3O3/c1-13-7(2-5-12-13)6-11-8(14)10(3-4-10)9(15)16/h2,5H,3-4,6H2,1H3,(H,11,14)(H,15,16). The lowest BCUT2D eigenvalue weighted by atomic mass is 10.1. The third-order valence-electron chi connectivity index (χ3n) is 2.95. The van der Waals surface area contributed by atoms with E-state index in [0.717, 1.165) is 5.69 Å². The lowest BCUT2D eigenvalue weighted by Gasteiger charge is -2.10. The molecule has 0 aliphatic heterocycles. The molecule has 0 atom stereocenters. The first kappa shape index (κ1) is 10.7. The Labute approximate surface area is 92.3 Å². The van der Waals surface area contributed by atoms with E-state index < -0.39 is 17.3 Å². The van der Waals surface area contributed by atoms with Gasteiger partial charge < -0.3 is 10.4 Å². The quantitative estimate of drug-likeness (QED) is 0.698. The van der Waals surface area contributed by atoms with Gasteiger partial charge in [-0.3, -0.25) is 14.3 Å². The van der Waals surface area contributed by atoms with E-state index in [2.05, 4.69) is 10.4 Å². The largest absolute Gasteiger partial charge is 0.480 e. The van der Waals surface area contributed by atoms with Crippen molar-refractivity contribution >= 4 is 11.9 Å². The van der Waals surface area contributed by atoms with Crippen molar-refractivity contribution in [1.29, 1.82) is 0 Å². The molecule has 1 amide bonds.